The maximum atomic E-state index is 6.32. The number of rotatable bonds is 3. The third-order valence-electron chi connectivity index (χ3n) is 3.76. The van der Waals surface area contributed by atoms with Crippen molar-refractivity contribution in [2.45, 2.75) is 19.1 Å². The number of nitrogens with zero attached hydrogens (tertiary/aromatic N) is 3. The Hall–Kier alpha value is -1.07. The second-order valence-electron chi connectivity index (χ2n) is 5.11. The van der Waals surface area contributed by atoms with Crippen LogP contribution in [0.15, 0.2) is 24.5 Å². The maximum Gasteiger partial charge on any atom is 0.0640 e. The largest absolute Gasteiger partial charge is 0.329 e. The van der Waals surface area contributed by atoms with E-state index in [0.717, 1.165) is 18.7 Å². The average molecular weight is 311 g/mol. The van der Waals surface area contributed by atoms with Crippen LogP contribution in [0, 0.1) is 0 Å². The van der Waals surface area contributed by atoms with Crippen molar-refractivity contribution < 1.29 is 0 Å². The molecule has 1 aliphatic rings. The predicted octanol–water partition coefficient (Wildman–Crippen LogP) is 2.74. The Morgan fingerprint density at radius 1 is 1.40 bits per heavy atom. The summed E-state index contributed by atoms with van der Waals surface area (Å²) >= 11 is 12.4. The Morgan fingerprint density at radius 3 is 2.85 bits per heavy atom. The molecule has 2 N–H and O–H groups in total. The van der Waals surface area contributed by atoms with Crippen LogP contribution in [0.25, 0.3) is 0 Å². The molecule has 0 amide bonds. The minimum atomic E-state index is 0.181. The summed E-state index contributed by atoms with van der Waals surface area (Å²) in [6.45, 7) is 2.13. The second-order valence-corrected chi connectivity index (χ2v) is 5.89. The molecule has 4 nitrogen and oxygen atoms in total. The molecule has 0 saturated carbocycles. The fraction of sp³-hybridized carbons (Fsp3) is 0.357. The van der Waals surface area contributed by atoms with E-state index in [1.54, 1.807) is 4.68 Å². The number of aromatic nitrogens is 2. The van der Waals surface area contributed by atoms with Crippen LogP contribution in [0.5, 0.6) is 0 Å². The minimum absolute atomic E-state index is 0.181. The number of benzene rings is 1. The van der Waals surface area contributed by atoms with Gasteiger partial charge in [-0.3, -0.25) is 9.58 Å². The molecule has 0 fully saturated rings. The molecule has 6 heteroatoms. The molecule has 1 atom stereocenters. The first kappa shape index (κ1) is 13.9. The van der Waals surface area contributed by atoms with Gasteiger partial charge in [0.25, 0.3) is 0 Å². The summed E-state index contributed by atoms with van der Waals surface area (Å²) in [5.41, 5.74) is 9.40. The van der Waals surface area contributed by atoms with E-state index in [1.165, 1.54) is 11.1 Å². The smallest absolute Gasteiger partial charge is 0.0640 e. The first-order chi connectivity index (χ1) is 9.60. The van der Waals surface area contributed by atoms with Gasteiger partial charge in [0.2, 0.25) is 0 Å². The number of halogens is 2. The van der Waals surface area contributed by atoms with Gasteiger partial charge in [0.15, 0.2) is 0 Å². The van der Waals surface area contributed by atoms with Crippen LogP contribution >= 0.6 is 23.2 Å². The van der Waals surface area contributed by atoms with E-state index >= 15 is 0 Å². The van der Waals surface area contributed by atoms with Crippen LogP contribution in [-0.4, -0.2) is 21.2 Å². The lowest BCUT2D eigenvalue weighted by molar-refractivity contribution is 0.211. The molecular formula is C14H16Cl2N4. The third-order valence-corrected chi connectivity index (χ3v) is 4.60. The molecule has 1 aliphatic heterocycles. The van der Waals surface area contributed by atoms with Gasteiger partial charge >= 0.3 is 0 Å². The van der Waals surface area contributed by atoms with Crippen molar-refractivity contribution in [1.82, 2.24) is 14.7 Å². The van der Waals surface area contributed by atoms with Crippen molar-refractivity contribution in [3.63, 3.8) is 0 Å². The lowest BCUT2D eigenvalue weighted by atomic mass is 10.0. The van der Waals surface area contributed by atoms with E-state index < -0.39 is 0 Å². The predicted molar refractivity (Wildman–Crippen MR) is 80.7 cm³/mol. The molecule has 0 radical (unpaired) electrons. The van der Waals surface area contributed by atoms with Gasteiger partial charge < -0.3 is 5.73 Å². The molecule has 0 bridgehead atoms. The van der Waals surface area contributed by atoms with Gasteiger partial charge in [0.05, 0.1) is 16.2 Å². The monoisotopic (exact) mass is 310 g/mol. The SMILES string of the molecule is Cn1cc(CN2Cc3c(ccc(Cl)c3Cl)C2CN)cn1. The van der Waals surface area contributed by atoms with Crippen molar-refractivity contribution in [3.8, 4) is 0 Å². The zero-order valence-electron chi connectivity index (χ0n) is 11.2. The van der Waals surface area contributed by atoms with Crippen molar-refractivity contribution in [2.24, 2.45) is 12.8 Å². The van der Waals surface area contributed by atoms with Gasteiger partial charge in [0, 0.05) is 44.5 Å². The Labute approximate surface area is 128 Å². The topological polar surface area (TPSA) is 47.1 Å². The van der Waals surface area contributed by atoms with E-state index in [-0.39, 0.29) is 6.04 Å². The zero-order valence-corrected chi connectivity index (χ0v) is 12.7. The number of hydrogen-bond acceptors (Lipinski definition) is 3. The molecule has 106 valence electrons. The van der Waals surface area contributed by atoms with E-state index in [9.17, 15) is 0 Å². The molecule has 3 rings (SSSR count). The highest BCUT2D eigenvalue weighted by Gasteiger charge is 2.31. The number of fused-ring (bicyclic) bond motifs is 1. The second kappa shape index (κ2) is 5.37. The van der Waals surface area contributed by atoms with Crippen molar-refractivity contribution in [3.05, 3.63) is 51.3 Å². The fourth-order valence-electron chi connectivity index (χ4n) is 2.82. The van der Waals surface area contributed by atoms with Gasteiger partial charge in [-0.1, -0.05) is 29.3 Å². The summed E-state index contributed by atoms with van der Waals surface area (Å²) in [6, 6.07) is 4.06. The summed E-state index contributed by atoms with van der Waals surface area (Å²) in [7, 11) is 1.92. The maximum absolute atomic E-state index is 6.32. The molecule has 2 heterocycles. The normalized spacial score (nSPS) is 18.5. The number of aryl methyl sites for hydroxylation is 1. The van der Waals surface area contributed by atoms with Gasteiger partial charge in [-0.15, -0.1) is 0 Å². The van der Waals surface area contributed by atoms with Gasteiger partial charge in [-0.05, 0) is 17.2 Å². The van der Waals surface area contributed by atoms with Crippen LogP contribution < -0.4 is 5.73 Å². The summed E-state index contributed by atoms with van der Waals surface area (Å²) in [5.74, 6) is 0. The van der Waals surface area contributed by atoms with Crippen molar-refractivity contribution >= 4 is 23.2 Å². The fourth-order valence-corrected chi connectivity index (χ4v) is 3.23. The Bertz CT molecular complexity index is 638. The van der Waals surface area contributed by atoms with E-state index in [4.69, 9.17) is 28.9 Å². The first-order valence-electron chi connectivity index (χ1n) is 6.48. The number of hydrogen-bond donors (Lipinski definition) is 1. The summed E-state index contributed by atoms with van der Waals surface area (Å²) in [5, 5.41) is 5.45. The molecule has 1 unspecified atom stereocenters. The molecule has 1 aromatic heterocycles. The summed E-state index contributed by atoms with van der Waals surface area (Å²) in [6.07, 6.45) is 3.90. The van der Waals surface area contributed by atoms with Crippen LogP contribution in [0.4, 0.5) is 0 Å². The van der Waals surface area contributed by atoms with Crippen LogP contribution in [-0.2, 0) is 20.1 Å². The van der Waals surface area contributed by atoms with Crippen molar-refractivity contribution in [1.29, 1.82) is 0 Å². The van der Waals surface area contributed by atoms with E-state index in [0.29, 0.717) is 16.6 Å². The van der Waals surface area contributed by atoms with Crippen LogP contribution in [0.2, 0.25) is 10.0 Å². The molecule has 20 heavy (non-hydrogen) atoms. The molecule has 0 aliphatic carbocycles. The summed E-state index contributed by atoms with van der Waals surface area (Å²) < 4.78 is 1.81. The minimum Gasteiger partial charge on any atom is -0.329 e. The quantitative estimate of drug-likeness (QED) is 0.948. The molecule has 1 aromatic carbocycles. The highest BCUT2D eigenvalue weighted by molar-refractivity contribution is 6.42. The Morgan fingerprint density at radius 2 is 2.20 bits per heavy atom. The highest BCUT2D eigenvalue weighted by Crippen LogP contribution is 2.40. The highest BCUT2D eigenvalue weighted by atomic mass is 35.5. The number of nitrogens with two attached hydrogens (primary N) is 1. The lowest BCUT2D eigenvalue weighted by Gasteiger charge is -2.23. The van der Waals surface area contributed by atoms with Gasteiger partial charge in [-0.2, -0.15) is 5.10 Å². The van der Waals surface area contributed by atoms with Crippen LogP contribution in [0.1, 0.15) is 22.7 Å². The molecule has 0 saturated heterocycles. The summed E-state index contributed by atoms with van der Waals surface area (Å²) in [4.78, 5) is 2.31. The Balaban J connectivity index is 1.90. The van der Waals surface area contributed by atoms with Gasteiger partial charge in [-0.25, -0.2) is 0 Å². The molecule has 2 aromatic rings. The lowest BCUT2D eigenvalue weighted by Crippen LogP contribution is -2.27. The zero-order chi connectivity index (χ0) is 14.3. The van der Waals surface area contributed by atoms with E-state index in [2.05, 4.69) is 10.00 Å². The molecular weight excluding hydrogens is 295 g/mol. The first-order valence-corrected chi connectivity index (χ1v) is 7.24. The standard InChI is InChI=1S/C14H16Cl2N4/c1-19-6-9(5-18-19)7-20-8-11-10(13(20)4-17)2-3-12(15)14(11)16/h2-3,5-6,13H,4,7-8,17H2,1H3. The average Bonchev–Trinajstić information content (AvgIpc) is 2.98. The van der Waals surface area contributed by atoms with E-state index in [1.807, 2.05) is 31.6 Å². The van der Waals surface area contributed by atoms with Crippen LogP contribution in [0.3, 0.4) is 0 Å². The third kappa shape index (κ3) is 2.33. The molecule has 0 spiro atoms. The van der Waals surface area contributed by atoms with Gasteiger partial charge in [0.1, 0.15) is 0 Å². The Kier molecular flexibility index (Phi) is 3.73. The van der Waals surface area contributed by atoms with Crippen molar-refractivity contribution in [2.75, 3.05) is 6.54 Å².